The van der Waals surface area contributed by atoms with Crippen LogP contribution >= 0.6 is 23.5 Å². The summed E-state index contributed by atoms with van der Waals surface area (Å²) in [6, 6.07) is 0. The first kappa shape index (κ1) is 10.9. The predicted molar refractivity (Wildman–Crippen MR) is 57.4 cm³/mol. The highest BCUT2D eigenvalue weighted by Gasteiger charge is 1.92. The molecule has 0 rings (SSSR count). The first-order chi connectivity index (χ1) is 5.35. The Labute approximate surface area is 77.4 Å². The van der Waals surface area contributed by atoms with Crippen molar-refractivity contribution in [3.8, 4) is 11.8 Å². The Morgan fingerprint density at radius 1 is 1.45 bits per heavy atom. The first-order valence-electron chi connectivity index (χ1n) is 3.44. The maximum absolute atomic E-state index is 4.08. The van der Waals surface area contributed by atoms with Gasteiger partial charge in [0.2, 0.25) is 0 Å². The third kappa shape index (κ3) is 6.33. The molecular weight excluding hydrogens is 174 g/mol. The lowest BCUT2D eigenvalue weighted by Crippen LogP contribution is -1.84. The topological polar surface area (TPSA) is 12.4 Å². The molecule has 0 heterocycles. The summed E-state index contributed by atoms with van der Waals surface area (Å²) in [6.45, 7) is 2.06. The minimum absolute atomic E-state index is 0.862. The van der Waals surface area contributed by atoms with Crippen molar-refractivity contribution in [3.63, 3.8) is 0 Å². The number of hydrogen-bond donors (Lipinski definition) is 0. The second-order valence-corrected chi connectivity index (χ2v) is 3.71. The Hall–Kier alpha value is -0.0700. The van der Waals surface area contributed by atoms with E-state index >= 15 is 0 Å². The molecule has 3 heteroatoms. The zero-order valence-corrected chi connectivity index (χ0v) is 8.81. The molecule has 0 amide bonds. The fraction of sp³-hybridized carbons (Fsp3) is 0.625. The second kappa shape index (κ2) is 8.03. The van der Waals surface area contributed by atoms with Gasteiger partial charge in [-0.15, -0.1) is 17.7 Å². The Morgan fingerprint density at radius 3 is 2.64 bits per heavy atom. The second-order valence-electron chi connectivity index (χ2n) is 1.69. The van der Waals surface area contributed by atoms with Crippen molar-refractivity contribution in [2.24, 2.45) is 4.99 Å². The van der Waals surface area contributed by atoms with Crippen molar-refractivity contribution in [2.45, 2.75) is 13.3 Å². The van der Waals surface area contributed by atoms with Crippen molar-refractivity contribution in [2.75, 3.05) is 19.1 Å². The number of rotatable bonds is 1. The zero-order valence-electron chi connectivity index (χ0n) is 7.18. The number of aliphatic imine (C=N–C) groups is 1. The van der Waals surface area contributed by atoms with Gasteiger partial charge in [0.25, 0.3) is 0 Å². The number of nitrogens with zero attached hydrogens (tertiary/aromatic N) is 1. The molecule has 0 aromatic rings. The monoisotopic (exact) mass is 187 g/mol. The van der Waals surface area contributed by atoms with Gasteiger partial charge < -0.3 is 0 Å². The molecule has 0 bridgehead atoms. The van der Waals surface area contributed by atoms with Crippen molar-refractivity contribution in [1.29, 1.82) is 0 Å². The molecule has 0 unspecified atom stereocenters. The Bertz CT molecular complexity index is 176. The molecule has 0 aliphatic carbocycles. The van der Waals surface area contributed by atoms with E-state index in [2.05, 4.69) is 23.8 Å². The molecule has 0 spiro atoms. The highest BCUT2D eigenvalue weighted by atomic mass is 32.2. The van der Waals surface area contributed by atoms with E-state index in [9.17, 15) is 0 Å². The molecule has 0 aliphatic heterocycles. The van der Waals surface area contributed by atoms with E-state index in [0.29, 0.717) is 0 Å². The number of thioether (sulfide) groups is 2. The minimum Gasteiger partial charge on any atom is -0.275 e. The average molecular weight is 187 g/mol. The molecule has 11 heavy (non-hydrogen) atoms. The minimum atomic E-state index is 0.862. The third-order valence-corrected chi connectivity index (χ3v) is 3.03. The summed E-state index contributed by atoms with van der Waals surface area (Å²) in [6.07, 6.45) is 2.97. The highest BCUT2D eigenvalue weighted by molar-refractivity contribution is 8.38. The van der Waals surface area contributed by atoms with Gasteiger partial charge >= 0.3 is 0 Å². The van der Waals surface area contributed by atoms with Crippen molar-refractivity contribution < 1.29 is 0 Å². The molecule has 1 nitrogen and oxygen atoms in total. The summed E-state index contributed by atoms with van der Waals surface area (Å²) in [7, 11) is 1.81. The maximum atomic E-state index is 4.08. The standard InChI is InChI=1S/C8H13NS2/c1-4-5-6-7-11-8(9-2)10-3/h4,7H2,1-3H3. The van der Waals surface area contributed by atoms with Crippen LogP contribution in [0.5, 0.6) is 0 Å². The molecule has 0 fully saturated rings. The third-order valence-electron chi connectivity index (χ3n) is 0.927. The van der Waals surface area contributed by atoms with Gasteiger partial charge in [-0.2, -0.15) is 0 Å². The largest absolute Gasteiger partial charge is 0.275 e. The van der Waals surface area contributed by atoms with Gasteiger partial charge in [-0.3, -0.25) is 4.99 Å². The van der Waals surface area contributed by atoms with Crippen LogP contribution in [-0.2, 0) is 0 Å². The zero-order chi connectivity index (χ0) is 8.53. The van der Waals surface area contributed by atoms with Gasteiger partial charge in [0, 0.05) is 13.5 Å². The van der Waals surface area contributed by atoms with Crippen LogP contribution < -0.4 is 0 Å². The van der Waals surface area contributed by atoms with Crippen molar-refractivity contribution in [3.05, 3.63) is 0 Å². The lowest BCUT2D eigenvalue weighted by molar-refractivity contribution is 1.28. The Morgan fingerprint density at radius 2 is 2.18 bits per heavy atom. The fourth-order valence-electron chi connectivity index (χ4n) is 0.489. The van der Waals surface area contributed by atoms with Gasteiger partial charge in [-0.05, 0) is 6.26 Å². The van der Waals surface area contributed by atoms with Crippen LogP contribution in [-0.4, -0.2) is 23.4 Å². The van der Waals surface area contributed by atoms with Crippen LogP contribution in [0, 0.1) is 11.8 Å². The summed E-state index contributed by atoms with van der Waals surface area (Å²) < 4.78 is 1.11. The van der Waals surface area contributed by atoms with Gasteiger partial charge in [0.15, 0.2) is 0 Å². The fourth-order valence-corrected chi connectivity index (χ4v) is 1.75. The molecule has 62 valence electrons. The molecular formula is C8H13NS2. The summed E-state index contributed by atoms with van der Waals surface area (Å²) in [5.74, 6) is 6.93. The lowest BCUT2D eigenvalue weighted by Gasteiger charge is -1.94. The van der Waals surface area contributed by atoms with E-state index in [1.54, 1.807) is 23.5 Å². The van der Waals surface area contributed by atoms with Gasteiger partial charge in [-0.1, -0.05) is 24.6 Å². The van der Waals surface area contributed by atoms with Crippen molar-refractivity contribution >= 4 is 27.9 Å². The van der Waals surface area contributed by atoms with Crippen molar-refractivity contribution in [1.82, 2.24) is 0 Å². The summed E-state index contributed by atoms with van der Waals surface area (Å²) >= 11 is 3.37. The molecule has 0 aliphatic rings. The number of hydrogen-bond acceptors (Lipinski definition) is 3. The Kier molecular flexibility index (Phi) is 7.98. The maximum Gasteiger partial charge on any atom is 0.124 e. The van der Waals surface area contributed by atoms with Crippen LogP contribution in [0.25, 0.3) is 0 Å². The van der Waals surface area contributed by atoms with Crippen LogP contribution in [0.4, 0.5) is 0 Å². The molecule has 0 saturated heterocycles. The van der Waals surface area contributed by atoms with Gasteiger partial charge in [-0.25, -0.2) is 0 Å². The molecule has 0 radical (unpaired) electrons. The van der Waals surface area contributed by atoms with E-state index in [1.807, 2.05) is 13.3 Å². The summed E-state index contributed by atoms with van der Waals surface area (Å²) in [4.78, 5) is 4.08. The van der Waals surface area contributed by atoms with Crippen LogP contribution in [0.1, 0.15) is 13.3 Å². The van der Waals surface area contributed by atoms with Gasteiger partial charge in [0.05, 0.1) is 5.75 Å². The molecule has 0 aromatic heterocycles. The quantitative estimate of drug-likeness (QED) is 0.355. The van der Waals surface area contributed by atoms with Gasteiger partial charge in [0.1, 0.15) is 4.38 Å². The molecule has 0 atom stereocenters. The van der Waals surface area contributed by atoms with E-state index in [4.69, 9.17) is 0 Å². The van der Waals surface area contributed by atoms with E-state index in [1.165, 1.54) is 0 Å². The molecule has 0 N–H and O–H groups in total. The van der Waals surface area contributed by atoms with E-state index in [0.717, 1.165) is 16.5 Å². The first-order valence-corrected chi connectivity index (χ1v) is 5.65. The smallest absolute Gasteiger partial charge is 0.124 e. The lowest BCUT2D eigenvalue weighted by atomic mass is 10.5. The van der Waals surface area contributed by atoms with Crippen LogP contribution in [0.3, 0.4) is 0 Å². The SMILES string of the molecule is CCC#CCSC(=NC)SC. The molecule has 0 saturated carbocycles. The van der Waals surface area contributed by atoms with E-state index in [-0.39, 0.29) is 0 Å². The van der Waals surface area contributed by atoms with Crippen LogP contribution in [0.2, 0.25) is 0 Å². The van der Waals surface area contributed by atoms with E-state index < -0.39 is 0 Å². The Balaban J connectivity index is 3.52. The summed E-state index contributed by atoms with van der Waals surface area (Å²) in [5.41, 5.74) is 0. The summed E-state index contributed by atoms with van der Waals surface area (Å²) in [5, 5.41) is 0. The predicted octanol–water partition coefficient (Wildman–Crippen LogP) is 2.48. The molecule has 0 aromatic carbocycles. The highest BCUT2D eigenvalue weighted by Crippen LogP contribution is 2.12. The normalized spacial score (nSPS) is 10.6. The van der Waals surface area contributed by atoms with Crippen LogP contribution in [0.15, 0.2) is 4.99 Å². The average Bonchev–Trinajstić information content (AvgIpc) is 2.05.